The molecule has 5 heteroatoms. The standard InChI is InChI=1S/C18H19F2NOS/c19-18(20)9-16(10-18)22-15-6-7-17(23)14(8-15)12-21-11-13-4-2-1-3-5-13/h1-8,16,21,23H,9-12H2. The minimum atomic E-state index is -2.56. The predicted molar refractivity (Wildman–Crippen MR) is 89.3 cm³/mol. The van der Waals surface area contributed by atoms with Gasteiger partial charge < -0.3 is 10.1 Å². The maximum Gasteiger partial charge on any atom is 0.255 e. The Labute approximate surface area is 140 Å². The van der Waals surface area contributed by atoms with E-state index in [1.807, 2.05) is 30.3 Å². The minimum Gasteiger partial charge on any atom is -0.490 e. The Morgan fingerprint density at radius 1 is 1.09 bits per heavy atom. The zero-order chi connectivity index (χ0) is 16.3. The van der Waals surface area contributed by atoms with Crippen molar-refractivity contribution in [3.05, 3.63) is 59.7 Å². The van der Waals surface area contributed by atoms with Crippen LogP contribution in [0.1, 0.15) is 24.0 Å². The van der Waals surface area contributed by atoms with Crippen LogP contribution >= 0.6 is 12.6 Å². The number of hydrogen-bond donors (Lipinski definition) is 2. The lowest BCUT2D eigenvalue weighted by atomic mass is 9.91. The van der Waals surface area contributed by atoms with Gasteiger partial charge in [0.2, 0.25) is 0 Å². The molecule has 3 rings (SSSR count). The van der Waals surface area contributed by atoms with Gasteiger partial charge in [0.15, 0.2) is 0 Å². The van der Waals surface area contributed by atoms with Crippen molar-refractivity contribution in [2.45, 2.75) is 42.9 Å². The topological polar surface area (TPSA) is 21.3 Å². The maximum atomic E-state index is 12.9. The van der Waals surface area contributed by atoms with Crippen LogP contribution in [0.3, 0.4) is 0 Å². The molecule has 0 bridgehead atoms. The molecule has 0 atom stereocenters. The summed E-state index contributed by atoms with van der Waals surface area (Å²) in [7, 11) is 0. The van der Waals surface area contributed by atoms with Gasteiger partial charge in [0.1, 0.15) is 11.9 Å². The van der Waals surface area contributed by atoms with E-state index in [9.17, 15) is 8.78 Å². The Bertz CT molecular complexity index is 655. The number of rotatable bonds is 6. The second kappa shape index (κ2) is 6.89. The summed E-state index contributed by atoms with van der Waals surface area (Å²) in [5, 5.41) is 3.36. The molecule has 122 valence electrons. The molecule has 2 aromatic rings. The van der Waals surface area contributed by atoms with Gasteiger partial charge in [-0.25, -0.2) is 8.78 Å². The van der Waals surface area contributed by atoms with E-state index in [4.69, 9.17) is 4.74 Å². The maximum absolute atomic E-state index is 12.9. The van der Waals surface area contributed by atoms with E-state index in [0.29, 0.717) is 12.3 Å². The summed E-state index contributed by atoms with van der Waals surface area (Å²) in [5.74, 6) is -1.94. The fourth-order valence-corrected chi connectivity index (χ4v) is 2.81. The van der Waals surface area contributed by atoms with Gasteiger partial charge in [-0.1, -0.05) is 30.3 Å². The minimum absolute atomic E-state index is 0.197. The Hall–Kier alpha value is -1.59. The largest absolute Gasteiger partial charge is 0.490 e. The average Bonchev–Trinajstić information content (AvgIpc) is 2.49. The average molecular weight is 335 g/mol. The Morgan fingerprint density at radius 3 is 2.52 bits per heavy atom. The van der Waals surface area contributed by atoms with E-state index in [1.165, 1.54) is 5.56 Å². The summed E-state index contributed by atoms with van der Waals surface area (Å²) in [6, 6.07) is 15.6. The van der Waals surface area contributed by atoms with E-state index in [1.54, 1.807) is 6.07 Å². The molecule has 23 heavy (non-hydrogen) atoms. The molecule has 0 aromatic heterocycles. The number of nitrogens with one attached hydrogen (secondary N) is 1. The fourth-order valence-electron chi connectivity index (χ4n) is 2.60. The number of thiol groups is 1. The third kappa shape index (κ3) is 4.45. The summed E-state index contributed by atoms with van der Waals surface area (Å²) in [5.41, 5.74) is 2.20. The number of alkyl halides is 2. The summed E-state index contributed by atoms with van der Waals surface area (Å²) in [4.78, 5) is 0.858. The second-order valence-corrected chi connectivity index (χ2v) is 6.37. The number of benzene rings is 2. The Balaban J connectivity index is 1.55. The molecule has 2 aromatic carbocycles. The molecule has 0 unspecified atom stereocenters. The van der Waals surface area contributed by atoms with E-state index < -0.39 is 5.92 Å². The first-order valence-electron chi connectivity index (χ1n) is 7.63. The number of hydrogen-bond acceptors (Lipinski definition) is 3. The monoisotopic (exact) mass is 335 g/mol. The van der Waals surface area contributed by atoms with Crippen LogP contribution < -0.4 is 10.1 Å². The zero-order valence-corrected chi connectivity index (χ0v) is 13.5. The van der Waals surface area contributed by atoms with Gasteiger partial charge in [0, 0.05) is 30.8 Å². The van der Waals surface area contributed by atoms with Crippen LogP contribution in [0.4, 0.5) is 8.78 Å². The van der Waals surface area contributed by atoms with Gasteiger partial charge in [-0.15, -0.1) is 12.6 Å². The Kier molecular flexibility index (Phi) is 4.87. The van der Waals surface area contributed by atoms with E-state index in [0.717, 1.165) is 17.0 Å². The van der Waals surface area contributed by atoms with Crippen LogP contribution in [0.2, 0.25) is 0 Å². The molecule has 0 amide bonds. The van der Waals surface area contributed by atoms with Gasteiger partial charge in [-0.05, 0) is 29.3 Å². The van der Waals surface area contributed by atoms with Gasteiger partial charge in [-0.3, -0.25) is 0 Å². The first kappa shape index (κ1) is 16.3. The molecule has 1 aliphatic carbocycles. The van der Waals surface area contributed by atoms with Gasteiger partial charge in [0.05, 0.1) is 0 Å². The van der Waals surface area contributed by atoms with E-state index in [2.05, 4.69) is 30.1 Å². The highest BCUT2D eigenvalue weighted by atomic mass is 32.1. The molecule has 0 radical (unpaired) electrons. The lowest BCUT2D eigenvalue weighted by molar-refractivity contribution is -0.134. The molecule has 0 spiro atoms. The Morgan fingerprint density at radius 2 is 1.83 bits per heavy atom. The third-order valence-electron chi connectivity index (χ3n) is 3.89. The zero-order valence-electron chi connectivity index (χ0n) is 12.6. The highest BCUT2D eigenvalue weighted by molar-refractivity contribution is 7.80. The summed E-state index contributed by atoms with van der Waals surface area (Å²) in [6.45, 7) is 1.40. The van der Waals surface area contributed by atoms with Crippen molar-refractivity contribution < 1.29 is 13.5 Å². The van der Waals surface area contributed by atoms with Crippen molar-refractivity contribution in [3.63, 3.8) is 0 Å². The van der Waals surface area contributed by atoms with Crippen LogP contribution in [0.25, 0.3) is 0 Å². The van der Waals surface area contributed by atoms with Crippen molar-refractivity contribution in [1.82, 2.24) is 5.32 Å². The van der Waals surface area contributed by atoms with E-state index >= 15 is 0 Å². The van der Waals surface area contributed by atoms with Crippen LogP contribution in [0.15, 0.2) is 53.4 Å². The first-order valence-corrected chi connectivity index (χ1v) is 8.08. The lowest BCUT2D eigenvalue weighted by Gasteiger charge is -2.34. The van der Waals surface area contributed by atoms with Crippen LogP contribution in [0, 0.1) is 0 Å². The SMILES string of the molecule is FC1(F)CC(Oc2ccc(S)c(CNCc3ccccc3)c2)C1. The third-order valence-corrected chi connectivity index (χ3v) is 4.33. The number of ether oxygens (including phenoxy) is 1. The van der Waals surface area contributed by atoms with Crippen LogP contribution in [-0.2, 0) is 13.1 Å². The van der Waals surface area contributed by atoms with Crippen LogP contribution in [-0.4, -0.2) is 12.0 Å². The lowest BCUT2D eigenvalue weighted by Crippen LogP contribution is -2.43. The van der Waals surface area contributed by atoms with Crippen LogP contribution in [0.5, 0.6) is 5.75 Å². The molecule has 1 fully saturated rings. The summed E-state index contributed by atoms with van der Waals surface area (Å²) < 4.78 is 31.3. The molecule has 1 aliphatic rings. The van der Waals surface area contributed by atoms with Gasteiger partial charge in [0.25, 0.3) is 5.92 Å². The van der Waals surface area contributed by atoms with Crippen molar-refractivity contribution >= 4 is 12.6 Å². The highest BCUT2D eigenvalue weighted by Gasteiger charge is 2.46. The van der Waals surface area contributed by atoms with Gasteiger partial charge >= 0.3 is 0 Å². The normalized spacial score (nSPS) is 16.8. The summed E-state index contributed by atoms with van der Waals surface area (Å²) >= 11 is 4.44. The molecule has 1 N–H and O–H groups in total. The van der Waals surface area contributed by atoms with Crippen molar-refractivity contribution in [1.29, 1.82) is 0 Å². The smallest absolute Gasteiger partial charge is 0.255 e. The van der Waals surface area contributed by atoms with Crippen molar-refractivity contribution in [3.8, 4) is 5.75 Å². The summed E-state index contributed by atoms with van der Waals surface area (Å²) in [6.07, 6.45) is -0.782. The van der Waals surface area contributed by atoms with E-state index in [-0.39, 0.29) is 18.9 Å². The quantitative estimate of drug-likeness (QED) is 0.762. The highest BCUT2D eigenvalue weighted by Crippen LogP contribution is 2.40. The number of halogens is 2. The molecule has 1 saturated carbocycles. The van der Waals surface area contributed by atoms with Crippen molar-refractivity contribution in [2.75, 3.05) is 0 Å². The van der Waals surface area contributed by atoms with Gasteiger partial charge in [-0.2, -0.15) is 0 Å². The predicted octanol–water partition coefficient (Wildman–Crippen LogP) is 4.44. The molecule has 0 heterocycles. The van der Waals surface area contributed by atoms with Crippen molar-refractivity contribution in [2.24, 2.45) is 0 Å². The first-order chi connectivity index (χ1) is 11.0. The second-order valence-electron chi connectivity index (χ2n) is 5.88. The molecule has 0 aliphatic heterocycles. The molecular formula is C18H19F2NOS. The fraction of sp³-hybridized carbons (Fsp3) is 0.333. The molecule has 2 nitrogen and oxygen atoms in total. The molecular weight excluding hydrogens is 316 g/mol. The molecule has 0 saturated heterocycles.